The number of rotatable bonds is 8. The maximum absolute atomic E-state index is 12.3. The van der Waals surface area contributed by atoms with Gasteiger partial charge in [-0.25, -0.2) is 0 Å². The van der Waals surface area contributed by atoms with Crippen molar-refractivity contribution in [3.05, 3.63) is 54.2 Å². The van der Waals surface area contributed by atoms with Crippen molar-refractivity contribution in [1.29, 1.82) is 0 Å². The minimum Gasteiger partial charge on any atom is -0.493 e. The van der Waals surface area contributed by atoms with E-state index in [1.807, 2.05) is 6.07 Å². The summed E-state index contributed by atoms with van der Waals surface area (Å²) in [5.41, 5.74) is 1.28. The zero-order valence-electron chi connectivity index (χ0n) is 14.7. The number of methoxy groups -OCH3 is 4. The van der Waals surface area contributed by atoms with Crippen LogP contribution in [0.15, 0.2) is 48.7 Å². The molecule has 6 nitrogen and oxygen atoms in total. The molecule has 2 aromatic carbocycles. The predicted molar refractivity (Wildman–Crippen MR) is 96.2 cm³/mol. The number of hydrogen-bond donors (Lipinski definition) is 1. The van der Waals surface area contributed by atoms with Crippen molar-refractivity contribution >= 4 is 11.5 Å². The highest BCUT2D eigenvalue weighted by molar-refractivity contribution is 6.05. The van der Waals surface area contributed by atoms with Crippen molar-refractivity contribution in [2.45, 2.75) is 0 Å². The van der Waals surface area contributed by atoms with Gasteiger partial charge in [-0.15, -0.1) is 0 Å². The zero-order valence-corrected chi connectivity index (χ0v) is 14.7. The molecule has 0 spiro atoms. The third kappa shape index (κ3) is 4.44. The number of anilines is 1. The lowest BCUT2D eigenvalue weighted by atomic mass is 10.1. The van der Waals surface area contributed by atoms with Crippen LogP contribution in [0.3, 0.4) is 0 Å². The van der Waals surface area contributed by atoms with Gasteiger partial charge >= 0.3 is 0 Å². The fourth-order valence-electron chi connectivity index (χ4n) is 2.23. The molecule has 0 aliphatic carbocycles. The molecule has 0 heterocycles. The molecule has 0 aliphatic rings. The molecule has 132 valence electrons. The summed E-state index contributed by atoms with van der Waals surface area (Å²) in [6, 6.07) is 10.4. The van der Waals surface area contributed by atoms with Gasteiger partial charge in [0.15, 0.2) is 28.8 Å². The molecule has 0 bridgehead atoms. The van der Waals surface area contributed by atoms with E-state index in [4.69, 9.17) is 18.9 Å². The van der Waals surface area contributed by atoms with Gasteiger partial charge in [0.1, 0.15) is 0 Å². The van der Waals surface area contributed by atoms with Gasteiger partial charge in [0.05, 0.1) is 28.4 Å². The number of ketones is 1. The van der Waals surface area contributed by atoms with Crippen molar-refractivity contribution in [2.24, 2.45) is 0 Å². The lowest BCUT2D eigenvalue weighted by Gasteiger charge is -2.09. The Morgan fingerprint density at radius 3 is 1.96 bits per heavy atom. The second-order valence-electron chi connectivity index (χ2n) is 4.98. The quantitative estimate of drug-likeness (QED) is 0.584. The summed E-state index contributed by atoms with van der Waals surface area (Å²) in [6.07, 6.45) is 3.01. The minimum absolute atomic E-state index is 0.158. The lowest BCUT2D eigenvalue weighted by Crippen LogP contribution is -1.99. The molecule has 0 aromatic heterocycles. The summed E-state index contributed by atoms with van der Waals surface area (Å²) in [7, 11) is 6.22. The van der Waals surface area contributed by atoms with Gasteiger partial charge in [0.25, 0.3) is 0 Å². The van der Waals surface area contributed by atoms with Gasteiger partial charge < -0.3 is 24.3 Å². The van der Waals surface area contributed by atoms with Crippen LogP contribution in [-0.4, -0.2) is 34.2 Å². The Labute approximate surface area is 147 Å². The Morgan fingerprint density at radius 2 is 1.36 bits per heavy atom. The van der Waals surface area contributed by atoms with E-state index in [0.29, 0.717) is 28.6 Å². The van der Waals surface area contributed by atoms with E-state index in [1.165, 1.54) is 13.2 Å². The van der Waals surface area contributed by atoms with Crippen molar-refractivity contribution in [3.63, 3.8) is 0 Å². The highest BCUT2D eigenvalue weighted by atomic mass is 16.5. The molecule has 0 radical (unpaired) electrons. The first-order valence-electron chi connectivity index (χ1n) is 7.54. The number of ether oxygens (including phenoxy) is 4. The summed E-state index contributed by atoms with van der Waals surface area (Å²) in [4.78, 5) is 12.3. The fraction of sp³-hybridized carbons (Fsp3) is 0.211. The molecule has 0 atom stereocenters. The standard InChI is InChI=1S/C19H21NO5/c1-22-16-7-5-13(11-18(16)24-3)15(21)9-10-20-14-6-8-17(23-2)19(12-14)25-4/h5-12,20H,1-4H3/b10-9+. The van der Waals surface area contributed by atoms with Crippen LogP contribution in [0, 0.1) is 0 Å². The van der Waals surface area contributed by atoms with E-state index < -0.39 is 0 Å². The monoisotopic (exact) mass is 343 g/mol. The molecule has 1 N–H and O–H groups in total. The summed E-state index contributed by atoms with van der Waals surface area (Å²) in [5, 5.41) is 3.03. The molecule has 0 unspecified atom stereocenters. The molecule has 0 aliphatic heterocycles. The van der Waals surface area contributed by atoms with E-state index in [0.717, 1.165) is 5.69 Å². The van der Waals surface area contributed by atoms with Gasteiger partial charge in [0.2, 0.25) is 0 Å². The molecule has 2 aromatic rings. The van der Waals surface area contributed by atoms with Crippen molar-refractivity contribution < 1.29 is 23.7 Å². The van der Waals surface area contributed by atoms with Crippen LogP contribution >= 0.6 is 0 Å². The Hall–Kier alpha value is -3.15. The highest BCUT2D eigenvalue weighted by Gasteiger charge is 2.08. The van der Waals surface area contributed by atoms with Crippen LogP contribution in [0.2, 0.25) is 0 Å². The molecular formula is C19H21NO5. The summed E-state index contributed by atoms with van der Waals surface area (Å²) in [5.74, 6) is 2.17. The number of hydrogen-bond acceptors (Lipinski definition) is 6. The second-order valence-corrected chi connectivity index (χ2v) is 4.98. The molecule has 0 saturated heterocycles. The molecule has 2 rings (SSSR count). The third-order valence-electron chi connectivity index (χ3n) is 3.54. The number of nitrogens with one attached hydrogen (secondary N) is 1. The molecule has 0 fully saturated rings. The first-order chi connectivity index (χ1) is 12.1. The van der Waals surface area contributed by atoms with Crippen LogP contribution in [-0.2, 0) is 0 Å². The molecular weight excluding hydrogens is 322 g/mol. The highest BCUT2D eigenvalue weighted by Crippen LogP contribution is 2.30. The van der Waals surface area contributed by atoms with E-state index in [-0.39, 0.29) is 5.78 Å². The minimum atomic E-state index is -0.158. The van der Waals surface area contributed by atoms with Gasteiger partial charge in [0, 0.05) is 29.6 Å². The summed E-state index contributed by atoms with van der Waals surface area (Å²) < 4.78 is 20.8. The maximum atomic E-state index is 12.3. The van der Waals surface area contributed by atoms with Crippen molar-refractivity contribution in [2.75, 3.05) is 33.8 Å². The van der Waals surface area contributed by atoms with E-state index >= 15 is 0 Å². The van der Waals surface area contributed by atoms with Crippen LogP contribution in [0.5, 0.6) is 23.0 Å². The first kappa shape index (κ1) is 18.2. The second kappa shape index (κ2) is 8.63. The van der Waals surface area contributed by atoms with E-state index in [1.54, 1.807) is 57.9 Å². The fourth-order valence-corrected chi connectivity index (χ4v) is 2.23. The Bertz CT molecular complexity index is 770. The Morgan fingerprint density at radius 1 is 0.800 bits per heavy atom. The average Bonchev–Trinajstić information content (AvgIpc) is 2.66. The van der Waals surface area contributed by atoms with Crippen LogP contribution < -0.4 is 24.3 Å². The molecule has 25 heavy (non-hydrogen) atoms. The maximum Gasteiger partial charge on any atom is 0.187 e. The largest absolute Gasteiger partial charge is 0.493 e. The topological polar surface area (TPSA) is 66.0 Å². The summed E-state index contributed by atoms with van der Waals surface area (Å²) in [6.45, 7) is 0. The van der Waals surface area contributed by atoms with Gasteiger partial charge in [-0.05, 0) is 30.3 Å². The number of benzene rings is 2. The average molecular weight is 343 g/mol. The molecule has 0 amide bonds. The Kier molecular flexibility index (Phi) is 6.28. The van der Waals surface area contributed by atoms with Crippen LogP contribution in [0.1, 0.15) is 10.4 Å². The van der Waals surface area contributed by atoms with Gasteiger partial charge in [-0.1, -0.05) is 0 Å². The first-order valence-corrected chi connectivity index (χ1v) is 7.54. The van der Waals surface area contributed by atoms with E-state index in [9.17, 15) is 4.79 Å². The number of carbonyl (C=O) groups excluding carboxylic acids is 1. The van der Waals surface area contributed by atoms with Gasteiger partial charge in [-0.2, -0.15) is 0 Å². The third-order valence-corrected chi connectivity index (χ3v) is 3.54. The normalized spacial score (nSPS) is 10.4. The molecule has 6 heteroatoms. The van der Waals surface area contributed by atoms with Crippen LogP contribution in [0.25, 0.3) is 0 Å². The SMILES string of the molecule is COc1ccc(N/C=C/C(=O)c2ccc(OC)c(OC)c2)cc1OC. The number of allylic oxidation sites excluding steroid dienone is 1. The molecule has 0 saturated carbocycles. The Balaban J connectivity index is 2.08. The van der Waals surface area contributed by atoms with Crippen molar-refractivity contribution in [1.82, 2.24) is 0 Å². The van der Waals surface area contributed by atoms with E-state index in [2.05, 4.69) is 5.32 Å². The number of carbonyl (C=O) groups is 1. The predicted octanol–water partition coefficient (Wildman–Crippen LogP) is 3.53. The summed E-state index contributed by atoms with van der Waals surface area (Å²) >= 11 is 0. The smallest absolute Gasteiger partial charge is 0.187 e. The van der Waals surface area contributed by atoms with Crippen LogP contribution in [0.4, 0.5) is 5.69 Å². The van der Waals surface area contributed by atoms with Crippen molar-refractivity contribution in [3.8, 4) is 23.0 Å². The van der Waals surface area contributed by atoms with Gasteiger partial charge in [-0.3, -0.25) is 4.79 Å². The lowest BCUT2D eigenvalue weighted by molar-refractivity contribution is 0.104. The zero-order chi connectivity index (χ0) is 18.2.